The second kappa shape index (κ2) is 8.00. The average Bonchev–Trinajstić information content (AvgIpc) is 2.44. The maximum Gasteiger partial charge on any atom is 0.170 e. The van der Waals surface area contributed by atoms with Gasteiger partial charge in [-0.3, -0.25) is 4.90 Å². The topological polar surface area (TPSA) is 36.5 Å². The van der Waals surface area contributed by atoms with Gasteiger partial charge in [0.2, 0.25) is 0 Å². The standard InChI is InChI=1S/C13H17Cl2N3OS/c14-10-2-1-3-11(15)12(10)17-13(20)16-4-5-18-6-8-19-9-7-18/h1-3H,4-9H2,(H2,16,17,20). The van der Waals surface area contributed by atoms with Crippen LogP contribution in [-0.2, 0) is 4.74 Å². The second-order valence-corrected chi connectivity index (χ2v) is 5.65. The van der Waals surface area contributed by atoms with Crippen LogP contribution in [0.4, 0.5) is 5.69 Å². The van der Waals surface area contributed by atoms with Crippen LogP contribution in [0.25, 0.3) is 0 Å². The van der Waals surface area contributed by atoms with E-state index in [1.54, 1.807) is 18.2 Å². The lowest BCUT2D eigenvalue weighted by Crippen LogP contribution is -2.42. The lowest BCUT2D eigenvalue weighted by Gasteiger charge is -2.26. The molecule has 1 aliphatic heterocycles. The van der Waals surface area contributed by atoms with Gasteiger partial charge in [0.25, 0.3) is 0 Å². The molecule has 4 nitrogen and oxygen atoms in total. The maximum atomic E-state index is 6.07. The minimum absolute atomic E-state index is 0.522. The second-order valence-electron chi connectivity index (χ2n) is 4.43. The number of benzene rings is 1. The summed E-state index contributed by atoms with van der Waals surface area (Å²) in [5, 5.41) is 7.81. The molecule has 1 aromatic carbocycles. The van der Waals surface area contributed by atoms with E-state index in [1.165, 1.54) is 0 Å². The van der Waals surface area contributed by atoms with Gasteiger partial charge in [-0.2, -0.15) is 0 Å². The zero-order valence-electron chi connectivity index (χ0n) is 11.0. The molecule has 0 unspecified atom stereocenters. The SMILES string of the molecule is S=C(NCCN1CCOCC1)Nc1c(Cl)cccc1Cl. The number of nitrogens with one attached hydrogen (secondary N) is 2. The van der Waals surface area contributed by atoms with E-state index in [-0.39, 0.29) is 0 Å². The van der Waals surface area contributed by atoms with Crippen LogP contribution in [0, 0.1) is 0 Å². The van der Waals surface area contributed by atoms with Gasteiger partial charge < -0.3 is 15.4 Å². The monoisotopic (exact) mass is 333 g/mol. The van der Waals surface area contributed by atoms with Crippen molar-refractivity contribution in [1.82, 2.24) is 10.2 Å². The summed E-state index contributed by atoms with van der Waals surface area (Å²) < 4.78 is 5.30. The Bertz CT molecular complexity index is 447. The molecule has 1 aliphatic rings. The fourth-order valence-electron chi connectivity index (χ4n) is 1.93. The molecule has 2 rings (SSSR count). The largest absolute Gasteiger partial charge is 0.379 e. The Balaban J connectivity index is 1.75. The molecule has 0 spiro atoms. The van der Waals surface area contributed by atoms with Crippen molar-refractivity contribution in [1.29, 1.82) is 0 Å². The first-order chi connectivity index (χ1) is 9.66. The lowest BCUT2D eigenvalue weighted by atomic mass is 10.3. The molecule has 0 atom stereocenters. The van der Waals surface area contributed by atoms with Crippen LogP contribution in [-0.4, -0.2) is 49.4 Å². The summed E-state index contributed by atoms with van der Waals surface area (Å²) in [5.74, 6) is 0. The summed E-state index contributed by atoms with van der Waals surface area (Å²) >= 11 is 17.4. The summed E-state index contributed by atoms with van der Waals surface area (Å²) in [6.45, 7) is 5.25. The number of hydrogen-bond acceptors (Lipinski definition) is 3. The number of rotatable bonds is 4. The highest BCUT2D eigenvalue weighted by Gasteiger charge is 2.10. The van der Waals surface area contributed by atoms with Gasteiger partial charge >= 0.3 is 0 Å². The molecule has 0 aliphatic carbocycles. The van der Waals surface area contributed by atoms with Crippen molar-refractivity contribution >= 4 is 46.2 Å². The molecular formula is C13H17Cl2N3OS. The van der Waals surface area contributed by atoms with Crippen LogP contribution in [0.1, 0.15) is 0 Å². The third kappa shape index (κ3) is 4.75. The number of para-hydroxylation sites is 1. The van der Waals surface area contributed by atoms with Crippen molar-refractivity contribution in [3.05, 3.63) is 28.2 Å². The van der Waals surface area contributed by atoms with Gasteiger partial charge in [0.1, 0.15) is 0 Å². The smallest absolute Gasteiger partial charge is 0.170 e. The Labute approximate surface area is 134 Å². The first kappa shape index (κ1) is 15.8. The molecule has 0 radical (unpaired) electrons. The molecule has 1 fully saturated rings. The summed E-state index contributed by atoms with van der Waals surface area (Å²) in [5.41, 5.74) is 0.639. The van der Waals surface area contributed by atoms with Crippen molar-refractivity contribution in [3.63, 3.8) is 0 Å². The van der Waals surface area contributed by atoms with E-state index in [9.17, 15) is 0 Å². The van der Waals surface area contributed by atoms with Crippen LogP contribution < -0.4 is 10.6 Å². The lowest BCUT2D eigenvalue weighted by molar-refractivity contribution is 0.0389. The van der Waals surface area contributed by atoms with E-state index in [1.807, 2.05) is 0 Å². The molecule has 0 saturated carbocycles. The molecule has 0 aromatic heterocycles. The fourth-order valence-corrected chi connectivity index (χ4v) is 2.62. The fraction of sp³-hybridized carbons (Fsp3) is 0.462. The molecule has 1 saturated heterocycles. The quantitative estimate of drug-likeness (QED) is 0.828. The third-order valence-corrected chi connectivity index (χ3v) is 3.89. The van der Waals surface area contributed by atoms with Crippen LogP contribution in [0.3, 0.4) is 0 Å². The van der Waals surface area contributed by atoms with E-state index in [2.05, 4.69) is 15.5 Å². The molecule has 1 aromatic rings. The van der Waals surface area contributed by atoms with Crippen LogP contribution in [0.15, 0.2) is 18.2 Å². The molecule has 110 valence electrons. The normalized spacial score (nSPS) is 15.9. The molecule has 7 heteroatoms. The summed E-state index contributed by atoms with van der Waals surface area (Å²) in [6, 6.07) is 5.34. The zero-order valence-corrected chi connectivity index (χ0v) is 13.3. The van der Waals surface area contributed by atoms with Crippen molar-refractivity contribution in [3.8, 4) is 0 Å². The molecule has 0 amide bonds. The molecular weight excluding hydrogens is 317 g/mol. The van der Waals surface area contributed by atoms with Crippen molar-refractivity contribution in [2.75, 3.05) is 44.7 Å². The van der Waals surface area contributed by atoms with Gasteiger partial charge in [-0.1, -0.05) is 29.3 Å². The van der Waals surface area contributed by atoms with Crippen LogP contribution in [0.5, 0.6) is 0 Å². The van der Waals surface area contributed by atoms with E-state index in [0.29, 0.717) is 20.8 Å². The highest BCUT2D eigenvalue weighted by atomic mass is 35.5. The van der Waals surface area contributed by atoms with Crippen LogP contribution in [0.2, 0.25) is 10.0 Å². The summed E-state index contributed by atoms with van der Waals surface area (Å²) in [6.07, 6.45) is 0. The molecule has 1 heterocycles. The van der Waals surface area contributed by atoms with Gasteiger partial charge in [-0.25, -0.2) is 0 Å². The Morgan fingerprint density at radius 3 is 2.55 bits per heavy atom. The van der Waals surface area contributed by atoms with Gasteiger partial charge in [-0.15, -0.1) is 0 Å². The predicted octanol–water partition coefficient (Wildman–Crippen LogP) is 2.61. The minimum Gasteiger partial charge on any atom is -0.379 e. The number of thiocarbonyl (C=S) groups is 1. The Kier molecular flexibility index (Phi) is 6.32. The molecule has 2 N–H and O–H groups in total. The third-order valence-electron chi connectivity index (χ3n) is 3.02. The maximum absolute atomic E-state index is 6.07. The first-order valence-corrected chi connectivity index (χ1v) is 7.62. The predicted molar refractivity (Wildman–Crippen MR) is 87.9 cm³/mol. The zero-order chi connectivity index (χ0) is 14.4. The van der Waals surface area contributed by atoms with Crippen molar-refractivity contribution in [2.45, 2.75) is 0 Å². The van der Waals surface area contributed by atoms with E-state index >= 15 is 0 Å². The van der Waals surface area contributed by atoms with Crippen molar-refractivity contribution < 1.29 is 4.74 Å². The van der Waals surface area contributed by atoms with E-state index in [0.717, 1.165) is 39.4 Å². The van der Waals surface area contributed by atoms with Gasteiger partial charge in [0.05, 0.1) is 28.9 Å². The Morgan fingerprint density at radius 2 is 1.90 bits per heavy atom. The minimum atomic E-state index is 0.522. The van der Waals surface area contributed by atoms with Crippen LogP contribution >= 0.6 is 35.4 Å². The number of nitrogens with zero attached hydrogens (tertiary/aromatic N) is 1. The number of hydrogen-bond donors (Lipinski definition) is 2. The average molecular weight is 334 g/mol. The number of ether oxygens (including phenoxy) is 1. The number of halogens is 2. The summed E-state index contributed by atoms with van der Waals surface area (Å²) in [4.78, 5) is 2.33. The van der Waals surface area contributed by atoms with Gasteiger partial charge in [0.15, 0.2) is 5.11 Å². The highest BCUT2D eigenvalue weighted by Crippen LogP contribution is 2.29. The number of morpholine rings is 1. The summed E-state index contributed by atoms with van der Waals surface area (Å²) in [7, 11) is 0. The first-order valence-electron chi connectivity index (χ1n) is 6.46. The van der Waals surface area contributed by atoms with Gasteiger partial charge in [0, 0.05) is 26.2 Å². The van der Waals surface area contributed by atoms with E-state index in [4.69, 9.17) is 40.2 Å². The number of anilines is 1. The Hall–Kier alpha value is -0.590. The Morgan fingerprint density at radius 1 is 1.25 bits per heavy atom. The van der Waals surface area contributed by atoms with Crippen molar-refractivity contribution in [2.24, 2.45) is 0 Å². The highest BCUT2D eigenvalue weighted by molar-refractivity contribution is 7.80. The van der Waals surface area contributed by atoms with E-state index < -0.39 is 0 Å². The molecule has 0 bridgehead atoms. The molecule has 20 heavy (non-hydrogen) atoms. The van der Waals surface area contributed by atoms with Gasteiger partial charge in [-0.05, 0) is 24.4 Å².